The van der Waals surface area contributed by atoms with Gasteiger partial charge in [0.1, 0.15) is 0 Å². The van der Waals surface area contributed by atoms with Crippen molar-refractivity contribution in [3.05, 3.63) is 0 Å². The first kappa shape index (κ1) is 12.9. The molecule has 4 heteroatoms. The molecule has 0 saturated carbocycles. The molecule has 0 bridgehead atoms. The molecule has 0 radical (unpaired) electrons. The van der Waals surface area contributed by atoms with E-state index in [1.165, 1.54) is 6.92 Å². The summed E-state index contributed by atoms with van der Waals surface area (Å²) in [5, 5.41) is 21.0. The highest BCUT2D eigenvalue weighted by molar-refractivity contribution is 5.69. The Labute approximate surface area is 83.9 Å². The smallest absolute Gasteiger partial charge is 0.0447 e. The lowest BCUT2D eigenvalue weighted by Gasteiger charge is -2.23. The molecular formula is C10H16O4-2. The predicted octanol–water partition coefficient (Wildman–Crippen LogP) is -0.825. The third-order valence-electron chi connectivity index (χ3n) is 2.42. The molecule has 0 fully saturated rings. The molecule has 0 spiro atoms. The van der Waals surface area contributed by atoms with E-state index < -0.39 is 23.8 Å². The molecule has 4 nitrogen and oxygen atoms in total. The number of aliphatic carboxylic acids is 2. The molecule has 0 aliphatic carbocycles. The van der Waals surface area contributed by atoms with Crippen LogP contribution in [0.15, 0.2) is 0 Å². The molecule has 82 valence electrons. The van der Waals surface area contributed by atoms with Gasteiger partial charge in [-0.05, 0) is 24.7 Å². The van der Waals surface area contributed by atoms with Crippen molar-refractivity contribution in [2.75, 3.05) is 0 Å². The minimum atomic E-state index is -1.13. The summed E-state index contributed by atoms with van der Waals surface area (Å²) < 4.78 is 0. The van der Waals surface area contributed by atoms with Gasteiger partial charge in [0.2, 0.25) is 0 Å². The van der Waals surface area contributed by atoms with Crippen LogP contribution in [0.4, 0.5) is 0 Å². The second-order valence-electron chi connectivity index (χ2n) is 3.97. The Bertz CT molecular complexity index is 210. The van der Waals surface area contributed by atoms with Crippen LogP contribution in [0.2, 0.25) is 0 Å². The summed E-state index contributed by atoms with van der Waals surface area (Å²) in [6, 6.07) is 0. The van der Waals surface area contributed by atoms with Crippen LogP contribution in [-0.2, 0) is 9.59 Å². The van der Waals surface area contributed by atoms with Crippen LogP contribution in [0, 0.1) is 17.8 Å². The van der Waals surface area contributed by atoms with Crippen molar-refractivity contribution in [1.82, 2.24) is 0 Å². The van der Waals surface area contributed by atoms with Crippen LogP contribution < -0.4 is 10.2 Å². The van der Waals surface area contributed by atoms with Gasteiger partial charge >= 0.3 is 0 Å². The Hall–Kier alpha value is -1.06. The van der Waals surface area contributed by atoms with E-state index in [0.29, 0.717) is 12.8 Å². The van der Waals surface area contributed by atoms with Gasteiger partial charge in [-0.25, -0.2) is 0 Å². The zero-order valence-electron chi connectivity index (χ0n) is 8.78. The quantitative estimate of drug-likeness (QED) is 0.560. The number of hydrogen-bond donors (Lipinski definition) is 0. The number of rotatable bonds is 6. The van der Waals surface area contributed by atoms with E-state index in [9.17, 15) is 19.8 Å². The fourth-order valence-electron chi connectivity index (χ4n) is 1.27. The number of carbonyl (C=O) groups excluding carboxylic acids is 2. The topological polar surface area (TPSA) is 80.3 Å². The maximum Gasteiger partial charge on any atom is 0.0447 e. The summed E-state index contributed by atoms with van der Waals surface area (Å²) >= 11 is 0. The van der Waals surface area contributed by atoms with Crippen molar-refractivity contribution in [2.45, 2.75) is 33.6 Å². The van der Waals surface area contributed by atoms with Crippen molar-refractivity contribution >= 4 is 11.9 Å². The first-order chi connectivity index (χ1) is 6.36. The van der Waals surface area contributed by atoms with Crippen LogP contribution in [0.3, 0.4) is 0 Å². The van der Waals surface area contributed by atoms with E-state index in [2.05, 4.69) is 0 Å². The minimum absolute atomic E-state index is 0.0334. The molecule has 2 atom stereocenters. The molecule has 0 heterocycles. The summed E-state index contributed by atoms with van der Waals surface area (Å²) in [4.78, 5) is 21.0. The zero-order valence-corrected chi connectivity index (χ0v) is 8.78. The van der Waals surface area contributed by atoms with Crippen molar-refractivity contribution in [3.63, 3.8) is 0 Å². The molecule has 0 rings (SSSR count). The zero-order chi connectivity index (χ0) is 11.3. The maximum atomic E-state index is 10.6. The molecular weight excluding hydrogens is 184 g/mol. The number of carboxylic acids is 2. The van der Waals surface area contributed by atoms with E-state index in [1.807, 2.05) is 0 Å². The summed E-state index contributed by atoms with van der Waals surface area (Å²) in [6.07, 6.45) is 0.647. The third-order valence-corrected chi connectivity index (χ3v) is 2.42. The second-order valence-corrected chi connectivity index (χ2v) is 3.97. The monoisotopic (exact) mass is 200 g/mol. The number of carbonyl (C=O) groups is 2. The van der Waals surface area contributed by atoms with Gasteiger partial charge in [0, 0.05) is 17.9 Å². The predicted molar refractivity (Wildman–Crippen MR) is 46.7 cm³/mol. The summed E-state index contributed by atoms with van der Waals surface area (Å²) in [6.45, 7) is 5.08. The normalized spacial score (nSPS) is 15.1. The number of hydrogen-bond acceptors (Lipinski definition) is 4. The number of carboxylic acid groups (broad SMARTS) is 2. The largest absolute Gasteiger partial charge is 0.550 e. The summed E-state index contributed by atoms with van der Waals surface area (Å²) in [5.74, 6) is -3.45. The molecule has 0 aliphatic heterocycles. The lowest BCUT2D eigenvalue weighted by molar-refractivity contribution is -0.316. The van der Waals surface area contributed by atoms with Gasteiger partial charge in [-0.2, -0.15) is 0 Å². The standard InChI is InChI=1S/C10H18O4/c1-6(2)8(10(13)14)5-4-7(3)9(11)12/h6-8H,4-5H2,1-3H3,(H,11,12)(H,13,14)/p-2/t7-,8+/m1/s1. The molecule has 0 aromatic heterocycles. The van der Waals surface area contributed by atoms with Gasteiger partial charge in [0.15, 0.2) is 0 Å². The Kier molecular flexibility index (Phi) is 5.20. The fraction of sp³-hybridized carbons (Fsp3) is 0.800. The highest BCUT2D eigenvalue weighted by Crippen LogP contribution is 2.19. The lowest BCUT2D eigenvalue weighted by atomic mass is 9.88. The Morgan fingerprint density at radius 2 is 1.50 bits per heavy atom. The first-order valence-electron chi connectivity index (χ1n) is 4.78. The van der Waals surface area contributed by atoms with Crippen molar-refractivity contribution in [3.8, 4) is 0 Å². The van der Waals surface area contributed by atoms with Gasteiger partial charge in [-0.3, -0.25) is 0 Å². The molecule has 0 unspecified atom stereocenters. The van der Waals surface area contributed by atoms with E-state index in [0.717, 1.165) is 0 Å². The van der Waals surface area contributed by atoms with Crippen LogP contribution in [0.5, 0.6) is 0 Å². The van der Waals surface area contributed by atoms with E-state index in [4.69, 9.17) is 0 Å². The fourth-order valence-corrected chi connectivity index (χ4v) is 1.27. The molecule has 0 aromatic rings. The van der Waals surface area contributed by atoms with Crippen molar-refractivity contribution < 1.29 is 19.8 Å². The van der Waals surface area contributed by atoms with E-state index >= 15 is 0 Å². The maximum absolute atomic E-state index is 10.6. The van der Waals surface area contributed by atoms with Crippen molar-refractivity contribution in [1.29, 1.82) is 0 Å². The van der Waals surface area contributed by atoms with Crippen LogP contribution >= 0.6 is 0 Å². The van der Waals surface area contributed by atoms with Gasteiger partial charge in [-0.1, -0.05) is 20.8 Å². The van der Waals surface area contributed by atoms with Gasteiger partial charge in [0.25, 0.3) is 0 Å². The average Bonchev–Trinajstić information content (AvgIpc) is 2.02. The molecule has 0 aromatic carbocycles. The van der Waals surface area contributed by atoms with E-state index in [1.54, 1.807) is 13.8 Å². The Morgan fingerprint density at radius 3 is 1.79 bits per heavy atom. The van der Waals surface area contributed by atoms with Crippen LogP contribution in [-0.4, -0.2) is 11.9 Å². The SMILES string of the molecule is CC(C)[C@H](CC[C@@H](C)C(=O)[O-])C(=O)[O-]. The second kappa shape index (κ2) is 5.62. The van der Waals surface area contributed by atoms with Crippen LogP contribution in [0.1, 0.15) is 33.6 Å². The molecule has 0 N–H and O–H groups in total. The molecule has 14 heavy (non-hydrogen) atoms. The molecule has 0 amide bonds. The average molecular weight is 200 g/mol. The van der Waals surface area contributed by atoms with Gasteiger partial charge in [-0.15, -0.1) is 0 Å². The highest BCUT2D eigenvalue weighted by atomic mass is 16.4. The lowest BCUT2D eigenvalue weighted by Crippen LogP contribution is -2.36. The molecule has 0 aliphatic rings. The van der Waals surface area contributed by atoms with Gasteiger partial charge < -0.3 is 19.8 Å². The first-order valence-corrected chi connectivity index (χ1v) is 4.78. The Balaban J connectivity index is 4.07. The van der Waals surface area contributed by atoms with Crippen molar-refractivity contribution in [2.24, 2.45) is 17.8 Å². The Morgan fingerprint density at radius 1 is 1.00 bits per heavy atom. The molecule has 0 saturated heterocycles. The van der Waals surface area contributed by atoms with E-state index in [-0.39, 0.29) is 5.92 Å². The van der Waals surface area contributed by atoms with Gasteiger partial charge in [0.05, 0.1) is 0 Å². The summed E-state index contributed by atoms with van der Waals surface area (Å²) in [5.41, 5.74) is 0. The minimum Gasteiger partial charge on any atom is -0.550 e. The third kappa shape index (κ3) is 4.25. The van der Waals surface area contributed by atoms with Crippen LogP contribution in [0.25, 0.3) is 0 Å². The highest BCUT2D eigenvalue weighted by Gasteiger charge is 2.16. The summed E-state index contributed by atoms with van der Waals surface area (Å²) in [7, 11) is 0.